The number of fused-ring (bicyclic) bond motifs is 3. The molecule has 1 aromatic heterocycles. The number of aliphatic hydroxyl groups is 1. The van der Waals surface area contributed by atoms with Gasteiger partial charge in [0.25, 0.3) is 5.91 Å². The van der Waals surface area contributed by atoms with E-state index in [9.17, 15) is 14.7 Å². The maximum Gasteiger partial charge on any atom is 0.348 e. The summed E-state index contributed by atoms with van der Waals surface area (Å²) in [6.45, 7) is 1.38. The molecular weight excluding hydrogens is 410 g/mol. The van der Waals surface area contributed by atoms with Crippen molar-refractivity contribution in [2.75, 3.05) is 32.0 Å². The molecule has 0 saturated carbocycles. The van der Waals surface area contributed by atoms with Crippen LogP contribution in [0.1, 0.15) is 17.5 Å². The molecule has 8 heteroatoms. The van der Waals surface area contributed by atoms with Gasteiger partial charge in [-0.2, -0.15) is 0 Å². The Morgan fingerprint density at radius 1 is 1.16 bits per heavy atom. The highest BCUT2D eigenvalue weighted by molar-refractivity contribution is 5.96. The van der Waals surface area contributed by atoms with Crippen molar-refractivity contribution < 1.29 is 28.4 Å². The van der Waals surface area contributed by atoms with Gasteiger partial charge >= 0.3 is 5.97 Å². The van der Waals surface area contributed by atoms with Crippen LogP contribution < -0.4 is 5.32 Å². The van der Waals surface area contributed by atoms with Crippen LogP contribution in [-0.4, -0.2) is 59.4 Å². The number of anilines is 1. The normalized spacial score (nSPS) is 22.8. The highest BCUT2D eigenvalue weighted by atomic mass is 16.6. The van der Waals surface area contributed by atoms with E-state index in [4.69, 9.17) is 9.26 Å². The van der Waals surface area contributed by atoms with Crippen molar-refractivity contribution in [3.63, 3.8) is 0 Å². The Labute approximate surface area is 185 Å². The van der Waals surface area contributed by atoms with Crippen molar-refractivity contribution in [3.8, 4) is 11.1 Å². The summed E-state index contributed by atoms with van der Waals surface area (Å²) in [5.41, 5.74) is 0.892. The van der Waals surface area contributed by atoms with E-state index in [1.165, 1.54) is 6.26 Å². The number of nitrogens with zero attached hydrogens (tertiary/aromatic N) is 2. The highest BCUT2D eigenvalue weighted by Gasteiger charge is 2.51. The molecule has 1 fully saturated rings. The molecule has 5 rings (SSSR count). The number of ether oxygens (including phenoxy) is 1. The third-order valence-electron chi connectivity index (χ3n) is 6.36. The Morgan fingerprint density at radius 3 is 2.44 bits per heavy atom. The fraction of sp³-hybridized carbons (Fsp3) is 0.292. The lowest BCUT2D eigenvalue weighted by Crippen LogP contribution is -2.48. The standard InChI is InChI=1S/C24H23N3O5/c1-27(15-22(28)25-21-11-13-31-26-21)12-10-16(14-27)32-23(29)24(30)19-8-4-2-6-17(19)18-7-3-5-9-20(18)24/h2-9,11,13,16,30H,10,12,14-15H2,1H3/p+1. The summed E-state index contributed by atoms with van der Waals surface area (Å²) in [5, 5.41) is 18.0. The fourth-order valence-electron chi connectivity index (χ4n) is 4.84. The Balaban J connectivity index is 1.30. The zero-order valence-corrected chi connectivity index (χ0v) is 17.7. The van der Waals surface area contributed by atoms with Crippen molar-refractivity contribution in [2.24, 2.45) is 0 Å². The number of rotatable bonds is 5. The largest absolute Gasteiger partial charge is 0.453 e. The molecule has 1 aliphatic heterocycles. The van der Waals surface area contributed by atoms with Crippen LogP contribution in [0.4, 0.5) is 5.82 Å². The summed E-state index contributed by atoms with van der Waals surface area (Å²) in [4.78, 5) is 25.7. The maximum absolute atomic E-state index is 13.3. The van der Waals surface area contributed by atoms with Gasteiger partial charge in [0.05, 0.1) is 13.6 Å². The van der Waals surface area contributed by atoms with Crippen LogP contribution in [0, 0.1) is 0 Å². The van der Waals surface area contributed by atoms with Gasteiger partial charge in [-0.3, -0.25) is 4.79 Å². The molecule has 2 N–H and O–H groups in total. The zero-order valence-electron chi connectivity index (χ0n) is 17.7. The first kappa shape index (κ1) is 20.4. The van der Waals surface area contributed by atoms with Crippen molar-refractivity contribution in [1.29, 1.82) is 0 Å². The lowest BCUT2D eigenvalue weighted by molar-refractivity contribution is -0.890. The second-order valence-corrected chi connectivity index (χ2v) is 8.73. The van der Waals surface area contributed by atoms with Crippen LogP contribution in [-0.2, 0) is 19.9 Å². The van der Waals surface area contributed by atoms with Crippen LogP contribution in [0.5, 0.6) is 0 Å². The molecule has 32 heavy (non-hydrogen) atoms. The van der Waals surface area contributed by atoms with E-state index < -0.39 is 17.7 Å². The molecule has 2 atom stereocenters. The molecule has 164 valence electrons. The van der Waals surface area contributed by atoms with Crippen molar-refractivity contribution in [1.82, 2.24) is 5.16 Å². The van der Waals surface area contributed by atoms with E-state index in [1.807, 2.05) is 31.3 Å². The average molecular weight is 434 g/mol. The smallest absolute Gasteiger partial charge is 0.348 e. The van der Waals surface area contributed by atoms with Gasteiger partial charge in [0.2, 0.25) is 5.60 Å². The van der Waals surface area contributed by atoms with Crippen molar-refractivity contribution >= 4 is 17.7 Å². The molecule has 3 aromatic rings. The molecule has 0 radical (unpaired) electrons. The van der Waals surface area contributed by atoms with Crippen LogP contribution >= 0.6 is 0 Å². The van der Waals surface area contributed by atoms with Gasteiger partial charge in [0, 0.05) is 23.6 Å². The Bertz CT molecular complexity index is 1130. The van der Waals surface area contributed by atoms with Crippen molar-refractivity contribution in [2.45, 2.75) is 18.1 Å². The van der Waals surface area contributed by atoms with E-state index >= 15 is 0 Å². The van der Waals surface area contributed by atoms with Crippen LogP contribution in [0.15, 0.2) is 65.4 Å². The van der Waals surface area contributed by atoms with Crippen LogP contribution in [0.2, 0.25) is 0 Å². The number of amides is 1. The van der Waals surface area contributed by atoms with E-state index in [2.05, 4.69) is 10.5 Å². The number of likely N-dealkylation sites (tertiary alicyclic amines) is 1. The van der Waals surface area contributed by atoms with Crippen LogP contribution in [0.3, 0.4) is 0 Å². The van der Waals surface area contributed by atoms with Gasteiger partial charge in [-0.1, -0.05) is 53.7 Å². The zero-order chi connectivity index (χ0) is 22.3. The highest BCUT2D eigenvalue weighted by Crippen LogP contribution is 2.48. The SMILES string of the molecule is C[N+]1(CC(=O)Nc2ccon2)CCC(OC(=O)C2(O)c3ccccc3-c3ccccc32)C1. The Hall–Kier alpha value is -3.49. The molecule has 0 bridgehead atoms. The monoisotopic (exact) mass is 434 g/mol. The summed E-state index contributed by atoms with van der Waals surface area (Å²) < 4.78 is 11.0. The van der Waals surface area contributed by atoms with Gasteiger partial charge in [0.15, 0.2) is 18.5 Å². The van der Waals surface area contributed by atoms with E-state index in [0.29, 0.717) is 40.9 Å². The molecule has 0 spiro atoms. The molecule has 2 unspecified atom stereocenters. The number of benzene rings is 2. The second kappa shape index (κ2) is 7.58. The first-order valence-electron chi connectivity index (χ1n) is 10.6. The minimum absolute atomic E-state index is 0.189. The maximum atomic E-state index is 13.3. The topological polar surface area (TPSA) is 102 Å². The number of esters is 1. The minimum atomic E-state index is -1.84. The van der Waals surface area contributed by atoms with Gasteiger partial charge in [0.1, 0.15) is 12.8 Å². The first-order valence-corrected chi connectivity index (χ1v) is 10.6. The predicted molar refractivity (Wildman–Crippen MR) is 115 cm³/mol. The molecule has 1 amide bonds. The predicted octanol–water partition coefficient (Wildman–Crippen LogP) is 2.29. The van der Waals surface area contributed by atoms with E-state index in [-0.39, 0.29) is 12.5 Å². The van der Waals surface area contributed by atoms with Gasteiger partial charge in [-0.25, -0.2) is 4.79 Å². The van der Waals surface area contributed by atoms with Gasteiger partial charge < -0.3 is 24.2 Å². The summed E-state index contributed by atoms with van der Waals surface area (Å²) in [6.07, 6.45) is 1.61. The lowest BCUT2D eigenvalue weighted by Gasteiger charge is -2.29. The van der Waals surface area contributed by atoms with Crippen LogP contribution in [0.25, 0.3) is 11.1 Å². The second-order valence-electron chi connectivity index (χ2n) is 8.73. The molecule has 1 aliphatic carbocycles. The molecule has 8 nitrogen and oxygen atoms in total. The summed E-state index contributed by atoms with van der Waals surface area (Å²) >= 11 is 0. The number of quaternary nitrogens is 1. The number of aromatic nitrogens is 1. The summed E-state index contributed by atoms with van der Waals surface area (Å²) in [6, 6.07) is 16.3. The van der Waals surface area contributed by atoms with Crippen molar-refractivity contribution in [3.05, 3.63) is 72.0 Å². The molecule has 2 aromatic carbocycles. The Kier molecular flexibility index (Phi) is 4.83. The fourth-order valence-corrected chi connectivity index (χ4v) is 4.84. The Morgan fingerprint density at radius 2 is 1.81 bits per heavy atom. The number of carbonyl (C=O) groups excluding carboxylic acids is 2. The first-order chi connectivity index (χ1) is 15.4. The molecular formula is C24H24N3O5+. The molecule has 2 heterocycles. The summed E-state index contributed by atoms with van der Waals surface area (Å²) in [5.74, 6) is -0.504. The molecule has 1 saturated heterocycles. The number of hydrogen-bond acceptors (Lipinski definition) is 6. The summed E-state index contributed by atoms with van der Waals surface area (Å²) in [7, 11) is 1.95. The number of nitrogens with one attached hydrogen (secondary N) is 1. The average Bonchev–Trinajstić information content (AvgIpc) is 3.48. The quantitative estimate of drug-likeness (QED) is 0.472. The minimum Gasteiger partial charge on any atom is -0.453 e. The van der Waals surface area contributed by atoms with Gasteiger partial charge in [-0.05, 0) is 11.1 Å². The third kappa shape index (κ3) is 3.37. The lowest BCUT2D eigenvalue weighted by atomic mass is 9.91. The third-order valence-corrected chi connectivity index (χ3v) is 6.36. The van der Waals surface area contributed by atoms with E-state index in [0.717, 1.165) is 11.1 Å². The van der Waals surface area contributed by atoms with Gasteiger partial charge in [-0.15, -0.1) is 0 Å². The number of carbonyl (C=O) groups is 2. The number of likely N-dealkylation sites (N-methyl/N-ethyl adjacent to an activating group) is 1. The number of hydrogen-bond donors (Lipinski definition) is 2. The molecule has 2 aliphatic rings. The van der Waals surface area contributed by atoms with E-state index in [1.54, 1.807) is 30.3 Å².